The van der Waals surface area contributed by atoms with Gasteiger partial charge in [-0.2, -0.15) is 0 Å². The van der Waals surface area contributed by atoms with E-state index >= 15 is 0 Å². The van der Waals surface area contributed by atoms with E-state index in [1.54, 1.807) is 0 Å². The molecule has 0 saturated heterocycles. The van der Waals surface area contributed by atoms with E-state index in [2.05, 4.69) is 29.6 Å². The predicted molar refractivity (Wildman–Crippen MR) is 82.3 cm³/mol. The molecule has 3 rings (SSSR count). The van der Waals surface area contributed by atoms with Gasteiger partial charge in [-0.15, -0.1) is 0 Å². The molecule has 1 aliphatic rings. The molecule has 98 valence electrons. The van der Waals surface area contributed by atoms with Crippen LogP contribution in [-0.2, 0) is 12.8 Å². The Labute approximate surface area is 123 Å². The summed E-state index contributed by atoms with van der Waals surface area (Å²) in [6.45, 7) is 0. The minimum Gasteiger partial charge on any atom is -0.382 e. The highest BCUT2D eigenvalue weighted by molar-refractivity contribution is 6.36. The van der Waals surface area contributed by atoms with Crippen molar-refractivity contribution in [1.82, 2.24) is 0 Å². The molecule has 0 radical (unpaired) electrons. The molecular formula is C16H15Cl2N. The second kappa shape index (κ2) is 5.44. The lowest BCUT2D eigenvalue weighted by atomic mass is 9.94. The van der Waals surface area contributed by atoms with E-state index in [9.17, 15) is 0 Å². The summed E-state index contributed by atoms with van der Waals surface area (Å²) in [7, 11) is 0. The standard InChI is InChI=1S/C16H15Cl2N/c17-14-5-3-6-15(18)13(14)10-12-9-8-11-4-1-2-7-16(11)19-12/h1-7,12,19H,8-10H2. The van der Waals surface area contributed by atoms with Crippen LogP contribution >= 0.6 is 23.2 Å². The third-order valence-corrected chi connectivity index (χ3v) is 4.36. The molecule has 19 heavy (non-hydrogen) atoms. The van der Waals surface area contributed by atoms with Crippen molar-refractivity contribution in [1.29, 1.82) is 0 Å². The van der Waals surface area contributed by atoms with Crippen LogP contribution in [0.2, 0.25) is 10.0 Å². The van der Waals surface area contributed by atoms with E-state index in [4.69, 9.17) is 23.2 Å². The van der Waals surface area contributed by atoms with Gasteiger partial charge in [0.2, 0.25) is 0 Å². The van der Waals surface area contributed by atoms with E-state index in [1.165, 1.54) is 11.3 Å². The van der Waals surface area contributed by atoms with Crippen molar-refractivity contribution in [3.8, 4) is 0 Å². The summed E-state index contributed by atoms with van der Waals surface area (Å²) in [5.41, 5.74) is 3.67. The van der Waals surface area contributed by atoms with Gasteiger partial charge < -0.3 is 5.32 Å². The zero-order valence-electron chi connectivity index (χ0n) is 10.5. The molecule has 0 bridgehead atoms. The first kappa shape index (κ1) is 12.8. The molecule has 0 fully saturated rings. The molecule has 1 N–H and O–H groups in total. The van der Waals surface area contributed by atoms with Gasteiger partial charge in [0, 0.05) is 21.8 Å². The average Bonchev–Trinajstić information content (AvgIpc) is 2.43. The number of benzene rings is 2. The Kier molecular flexibility index (Phi) is 3.67. The van der Waals surface area contributed by atoms with Gasteiger partial charge in [0.1, 0.15) is 0 Å². The van der Waals surface area contributed by atoms with Gasteiger partial charge in [-0.3, -0.25) is 0 Å². The molecule has 0 aromatic heterocycles. The van der Waals surface area contributed by atoms with E-state index < -0.39 is 0 Å². The number of para-hydroxylation sites is 1. The van der Waals surface area contributed by atoms with E-state index in [0.29, 0.717) is 6.04 Å². The van der Waals surface area contributed by atoms with Crippen molar-refractivity contribution in [2.45, 2.75) is 25.3 Å². The number of hydrogen-bond acceptors (Lipinski definition) is 1. The summed E-state index contributed by atoms with van der Waals surface area (Å²) in [4.78, 5) is 0. The van der Waals surface area contributed by atoms with Gasteiger partial charge in [-0.25, -0.2) is 0 Å². The average molecular weight is 292 g/mol. The minimum absolute atomic E-state index is 0.396. The first-order valence-electron chi connectivity index (χ1n) is 6.51. The monoisotopic (exact) mass is 291 g/mol. The van der Waals surface area contributed by atoms with Gasteiger partial charge in [0.15, 0.2) is 0 Å². The zero-order chi connectivity index (χ0) is 13.2. The van der Waals surface area contributed by atoms with Crippen molar-refractivity contribution >= 4 is 28.9 Å². The second-order valence-corrected chi connectivity index (χ2v) is 5.76. The number of aryl methyl sites for hydroxylation is 1. The maximum absolute atomic E-state index is 6.24. The van der Waals surface area contributed by atoms with Gasteiger partial charge in [-0.05, 0) is 48.6 Å². The normalized spacial score (nSPS) is 17.7. The van der Waals surface area contributed by atoms with Crippen LogP contribution in [-0.4, -0.2) is 6.04 Å². The summed E-state index contributed by atoms with van der Waals surface area (Å²) < 4.78 is 0. The minimum atomic E-state index is 0.396. The number of hydrogen-bond donors (Lipinski definition) is 1. The fourth-order valence-corrected chi connectivity index (χ4v) is 3.18. The molecule has 0 spiro atoms. The van der Waals surface area contributed by atoms with Gasteiger partial charge >= 0.3 is 0 Å². The van der Waals surface area contributed by atoms with Crippen LogP contribution in [0.4, 0.5) is 5.69 Å². The fraction of sp³-hybridized carbons (Fsp3) is 0.250. The summed E-state index contributed by atoms with van der Waals surface area (Å²) in [6, 6.07) is 14.6. The first-order chi connectivity index (χ1) is 9.24. The number of nitrogens with one attached hydrogen (secondary N) is 1. The van der Waals surface area contributed by atoms with Crippen LogP contribution in [0.25, 0.3) is 0 Å². The third-order valence-electron chi connectivity index (χ3n) is 3.65. The van der Waals surface area contributed by atoms with Crippen LogP contribution < -0.4 is 5.32 Å². The summed E-state index contributed by atoms with van der Waals surface area (Å²) in [6.07, 6.45) is 3.08. The molecule has 1 unspecified atom stereocenters. The molecule has 3 heteroatoms. The maximum atomic E-state index is 6.24. The van der Waals surface area contributed by atoms with E-state index in [1.807, 2.05) is 18.2 Å². The lowest BCUT2D eigenvalue weighted by Crippen LogP contribution is -2.27. The van der Waals surface area contributed by atoms with Crippen molar-refractivity contribution in [3.05, 3.63) is 63.6 Å². The van der Waals surface area contributed by atoms with Crippen LogP contribution in [0.3, 0.4) is 0 Å². The Bertz CT molecular complexity index is 575. The van der Waals surface area contributed by atoms with E-state index in [0.717, 1.165) is 34.9 Å². The molecule has 0 aliphatic carbocycles. The van der Waals surface area contributed by atoms with Crippen molar-refractivity contribution in [3.63, 3.8) is 0 Å². The number of anilines is 1. The van der Waals surface area contributed by atoms with Crippen molar-refractivity contribution < 1.29 is 0 Å². The van der Waals surface area contributed by atoms with Crippen LogP contribution in [0.5, 0.6) is 0 Å². The van der Waals surface area contributed by atoms with Crippen LogP contribution in [0.1, 0.15) is 17.5 Å². The maximum Gasteiger partial charge on any atom is 0.0453 e. The Morgan fingerprint density at radius 2 is 1.74 bits per heavy atom. The topological polar surface area (TPSA) is 12.0 Å². The molecule has 0 amide bonds. The van der Waals surface area contributed by atoms with Gasteiger partial charge in [0.05, 0.1) is 0 Å². The van der Waals surface area contributed by atoms with E-state index in [-0.39, 0.29) is 0 Å². The molecule has 1 nitrogen and oxygen atoms in total. The Hall–Kier alpha value is -1.18. The highest BCUT2D eigenvalue weighted by Crippen LogP contribution is 2.30. The molecule has 0 saturated carbocycles. The van der Waals surface area contributed by atoms with Gasteiger partial charge in [0.25, 0.3) is 0 Å². The van der Waals surface area contributed by atoms with Crippen molar-refractivity contribution in [2.75, 3.05) is 5.32 Å². The molecule has 1 aliphatic heterocycles. The Morgan fingerprint density at radius 3 is 2.53 bits per heavy atom. The molecular weight excluding hydrogens is 277 g/mol. The number of fused-ring (bicyclic) bond motifs is 1. The Morgan fingerprint density at radius 1 is 1.00 bits per heavy atom. The lowest BCUT2D eigenvalue weighted by Gasteiger charge is -2.27. The lowest BCUT2D eigenvalue weighted by molar-refractivity contribution is 0.628. The summed E-state index contributed by atoms with van der Waals surface area (Å²) in [5.74, 6) is 0. The zero-order valence-corrected chi connectivity index (χ0v) is 12.0. The van der Waals surface area contributed by atoms with Crippen LogP contribution in [0, 0.1) is 0 Å². The fourth-order valence-electron chi connectivity index (χ4n) is 2.63. The molecule has 1 atom stereocenters. The Balaban J connectivity index is 1.79. The summed E-state index contributed by atoms with van der Waals surface area (Å²) >= 11 is 12.5. The molecule has 1 heterocycles. The highest BCUT2D eigenvalue weighted by atomic mass is 35.5. The number of halogens is 2. The first-order valence-corrected chi connectivity index (χ1v) is 7.27. The second-order valence-electron chi connectivity index (χ2n) is 4.94. The van der Waals surface area contributed by atoms with Crippen LogP contribution in [0.15, 0.2) is 42.5 Å². The smallest absolute Gasteiger partial charge is 0.0453 e. The molecule has 2 aromatic carbocycles. The SMILES string of the molecule is Clc1cccc(Cl)c1CC1CCc2ccccc2N1. The third kappa shape index (κ3) is 2.72. The largest absolute Gasteiger partial charge is 0.382 e. The quantitative estimate of drug-likeness (QED) is 0.824. The number of rotatable bonds is 2. The molecule has 2 aromatic rings. The summed E-state index contributed by atoms with van der Waals surface area (Å²) in [5, 5.41) is 5.10. The predicted octanol–water partition coefficient (Wildman–Crippen LogP) is 4.96. The highest BCUT2D eigenvalue weighted by Gasteiger charge is 2.19. The van der Waals surface area contributed by atoms with Gasteiger partial charge in [-0.1, -0.05) is 47.5 Å². The van der Waals surface area contributed by atoms with Crippen molar-refractivity contribution in [2.24, 2.45) is 0 Å².